The second kappa shape index (κ2) is 8.09. The van der Waals surface area contributed by atoms with E-state index in [4.69, 9.17) is 14.2 Å². The first-order valence-electron chi connectivity index (χ1n) is 11.2. The van der Waals surface area contributed by atoms with E-state index >= 15 is 0 Å². The third-order valence-electron chi connectivity index (χ3n) is 6.83. The normalized spacial score (nSPS) is 28.8. The first-order valence-corrected chi connectivity index (χ1v) is 11.2. The second-order valence-electron chi connectivity index (χ2n) is 10.0. The molecule has 0 bridgehead atoms. The molecule has 1 saturated heterocycles. The molecule has 0 radical (unpaired) electrons. The van der Waals surface area contributed by atoms with Crippen LogP contribution in [0.25, 0.3) is 0 Å². The number of hydrogen-bond donors (Lipinski definition) is 1. The van der Waals surface area contributed by atoms with Crippen LogP contribution < -0.4 is 9.47 Å². The summed E-state index contributed by atoms with van der Waals surface area (Å²) in [4.78, 5) is 2.46. The molecule has 1 aromatic rings. The maximum atomic E-state index is 10.8. The molecule has 5 nitrogen and oxygen atoms in total. The lowest BCUT2D eigenvalue weighted by atomic mass is 9.81. The van der Waals surface area contributed by atoms with Crippen LogP contribution in [0.3, 0.4) is 0 Å². The molecule has 1 N–H and O–H groups in total. The van der Waals surface area contributed by atoms with Crippen molar-refractivity contribution in [1.82, 2.24) is 4.90 Å². The number of piperidine rings is 1. The lowest BCUT2D eigenvalue weighted by Crippen LogP contribution is -2.53. The van der Waals surface area contributed by atoms with Crippen molar-refractivity contribution in [3.8, 4) is 11.5 Å². The van der Waals surface area contributed by atoms with Gasteiger partial charge in [0, 0.05) is 19.1 Å². The summed E-state index contributed by atoms with van der Waals surface area (Å²) in [5.41, 5.74) is 2.34. The molecule has 0 unspecified atom stereocenters. The van der Waals surface area contributed by atoms with Crippen LogP contribution in [0, 0.1) is 5.92 Å². The van der Waals surface area contributed by atoms with E-state index in [2.05, 4.69) is 24.0 Å². The average Bonchev–Trinajstić information content (AvgIpc) is 2.59. The third-order valence-corrected chi connectivity index (χ3v) is 6.83. The number of methoxy groups -OCH3 is 1. The minimum Gasteiger partial charge on any atom is -0.493 e. The fourth-order valence-electron chi connectivity index (χ4n) is 5.02. The van der Waals surface area contributed by atoms with Crippen LogP contribution in [0.15, 0.2) is 12.1 Å². The van der Waals surface area contributed by atoms with Gasteiger partial charge in [-0.3, -0.25) is 4.90 Å². The summed E-state index contributed by atoms with van der Waals surface area (Å²) >= 11 is 0. The van der Waals surface area contributed by atoms with E-state index in [-0.39, 0.29) is 23.9 Å². The van der Waals surface area contributed by atoms with Crippen molar-refractivity contribution in [3.05, 3.63) is 23.3 Å². The highest BCUT2D eigenvalue weighted by Gasteiger charge is 2.40. The number of nitrogens with zero attached hydrogens (tertiary/aromatic N) is 1. The molecule has 0 aromatic heterocycles. The topological polar surface area (TPSA) is 51.2 Å². The van der Waals surface area contributed by atoms with Crippen LogP contribution in [-0.2, 0) is 11.2 Å². The van der Waals surface area contributed by atoms with Gasteiger partial charge in [0.1, 0.15) is 0 Å². The average molecular weight is 404 g/mol. The Morgan fingerprint density at radius 3 is 2.55 bits per heavy atom. The number of ether oxygens (including phenoxy) is 3. The highest BCUT2D eigenvalue weighted by molar-refractivity contribution is 5.50. The lowest BCUT2D eigenvalue weighted by Gasteiger charge is -2.47. The summed E-state index contributed by atoms with van der Waals surface area (Å²) in [7, 11) is 1.71. The molecule has 0 amide bonds. The Balaban J connectivity index is 1.54. The zero-order valence-electron chi connectivity index (χ0n) is 18.6. The van der Waals surface area contributed by atoms with Gasteiger partial charge in [-0.05, 0) is 82.6 Å². The molecule has 1 aromatic carbocycles. The molecule has 5 heteroatoms. The maximum Gasteiger partial charge on any atom is 0.161 e. The zero-order valence-corrected chi connectivity index (χ0v) is 18.6. The summed E-state index contributed by atoms with van der Waals surface area (Å²) in [6.07, 6.45) is 5.16. The van der Waals surface area contributed by atoms with Gasteiger partial charge >= 0.3 is 0 Å². The Bertz CT molecular complexity index is 724. The van der Waals surface area contributed by atoms with E-state index in [0.29, 0.717) is 12.3 Å². The second-order valence-corrected chi connectivity index (χ2v) is 10.0. The van der Waals surface area contributed by atoms with E-state index in [1.165, 1.54) is 30.4 Å². The number of rotatable bonds is 5. The molecule has 4 rings (SSSR count). The largest absolute Gasteiger partial charge is 0.493 e. The Morgan fingerprint density at radius 1 is 1.17 bits per heavy atom. The molecule has 4 atom stereocenters. The van der Waals surface area contributed by atoms with Crippen molar-refractivity contribution in [3.63, 3.8) is 0 Å². The molecule has 1 aliphatic carbocycles. The van der Waals surface area contributed by atoms with Crippen molar-refractivity contribution < 1.29 is 19.3 Å². The number of aliphatic hydroxyl groups is 1. The minimum atomic E-state index is -0.456. The van der Waals surface area contributed by atoms with Crippen molar-refractivity contribution >= 4 is 0 Å². The minimum absolute atomic E-state index is 0.138. The highest BCUT2D eigenvalue weighted by Crippen LogP contribution is 2.43. The quantitative estimate of drug-likeness (QED) is 0.802. The maximum absolute atomic E-state index is 10.8. The van der Waals surface area contributed by atoms with Gasteiger partial charge in [-0.1, -0.05) is 6.42 Å². The van der Waals surface area contributed by atoms with Crippen molar-refractivity contribution in [2.75, 3.05) is 20.2 Å². The van der Waals surface area contributed by atoms with Gasteiger partial charge in [0.15, 0.2) is 11.5 Å². The Morgan fingerprint density at radius 2 is 1.93 bits per heavy atom. The van der Waals surface area contributed by atoms with Crippen LogP contribution in [0.4, 0.5) is 0 Å². The molecular formula is C24H37NO4. The fourth-order valence-corrected chi connectivity index (χ4v) is 5.02. The summed E-state index contributed by atoms with van der Waals surface area (Å²) < 4.78 is 18.2. The summed E-state index contributed by atoms with van der Waals surface area (Å²) in [6, 6.07) is 4.54. The van der Waals surface area contributed by atoms with Crippen LogP contribution >= 0.6 is 0 Å². The highest BCUT2D eigenvalue weighted by atomic mass is 16.5. The van der Waals surface area contributed by atoms with Gasteiger partial charge in [-0.25, -0.2) is 0 Å². The summed E-state index contributed by atoms with van der Waals surface area (Å²) in [5.74, 6) is 2.34. The first-order chi connectivity index (χ1) is 13.7. The number of aliphatic hydroxyl groups excluding tert-OH is 1. The molecule has 3 aliphatic rings. The van der Waals surface area contributed by atoms with Crippen LogP contribution in [-0.4, -0.2) is 54.1 Å². The summed E-state index contributed by atoms with van der Waals surface area (Å²) in [6.45, 7) is 10.1. The van der Waals surface area contributed by atoms with Gasteiger partial charge in [-0.15, -0.1) is 0 Å². The molecule has 29 heavy (non-hydrogen) atoms. The molecule has 1 saturated carbocycles. The third kappa shape index (κ3) is 4.42. The fraction of sp³-hybridized carbons (Fsp3) is 0.750. The van der Waals surface area contributed by atoms with Crippen LogP contribution in [0.1, 0.15) is 70.5 Å². The summed E-state index contributed by atoms with van der Waals surface area (Å²) in [5, 5.41) is 10.8. The predicted octanol–water partition coefficient (Wildman–Crippen LogP) is 4.11. The lowest BCUT2D eigenvalue weighted by molar-refractivity contribution is -0.149. The van der Waals surface area contributed by atoms with Crippen LogP contribution in [0.5, 0.6) is 11.5 Å². The van der Waals surface area contributed by atoms with Crippen molar-refractivity contribution in [2.24, 2.45) is 5.92 Å². The molecule has 0 spiro atoms. The van der Waals surface area contributed by atoms with Gasteiger partial charge in [0.05, 0.1) is 31.0 Å². The van der Waals surface area contributed by atoms with E-state index < -0.39 is 6.10 Å². The molecule has 2 fully saturated rings. The van der Waals surface area contributed by atoms with E-state index in [9.17, 15) is 5.11 Å². The molecule has 2 heterocycles. The van der Waals surface area contributed by atoms with Gasteiger partial charge in [-0.2, -0.15) is 0 Å². The smallest absolute Gasteiger partial charge is 0.161 e. The SMILES string of the molecule is COc1cc2c(cc1O[C@@H](C)C1CCC1)CCN1C[C@@H](OC(C)(C)C)[C@H](O)C[C@H]21. The molecular weight excluding hydrogens is 366 g/mol. The number of fused-ring (bicyclic) bond motifs is 3. The van der Waals surface area contributed by atoms with E-state index in [1.807, 2.05) is 20.8 Å². The predicted molar refractivity (Wildman–Crippen MR) is 114 cm³/mol. The number of benzene rings is 1. The first kappa shape index (κ1) is 21.0. The standard InChI is InChI=1S/C24H37NO4/c1-15(16-7-6-8-16)28-22-11-17-9-10-25-14-23(29-24(2,3)4)20(26)13-19(25)18(17)12-21(22)27-5/h11-12,15-16,19-20,23,26H,6-10,13-14H2,1-5H3/t15-,19+,20+,23+/m0/s1. The van der Waals surface area contributed by atoms with Gasteiger partial charge < -0.3 is 19.3 Å². The van der Waals surface area contributed by atoms with Gasteiger partial charge in [0.25, 0.3) is 0 Å². The Kier molecular flexibility index (Phi) is 5.84. The van der Waals surface area contributed by atoms with Gasteiger partial charge in [0.2, 0.25) is 0 Å². The van der Waals surface area contributed by atoms with Crippen molar-refractivity contribution in [1.29, 1.82) is 0 Å². The molecule has 162 valence electrons. The Labute approximate surface area is 175 Å². The Hall–Kier alpha value is -1.30. The van der Waals surface area contributed by atoms with E-state index in [0.717, 1.165) is 31.0 Å². The monoisotopic (exact) mass is 403 g/mol. The zero-order chi connectivity index (χ0) is 20.8. The van der Waals surface area contributed by atoms with Crippen LogP contribution in [0.2, 0.25) is 0 Å². The van der Waals surface area contributed by atoms with E-state index in [1.54, 1.807) is 7.11 Å². The van der Waals surface area contributed by atoms with Crippen molar-refractivity contribution in [2.45, 2.75) is 89.8 Å². The molecule has 2 aliphatic heterocycles. The number of hydrogen-bond acceptors (Lipinski definition) is 5.